The number of halogens is 9. The zero-order valence-electron chi connectivity index (χ0n) is 9.63. The predicted octanol–water partition coefficient (Wildman–Crippen LogP) is 4.82. The molecule has 21 heavy (non-hydrogen) atoms. The molecule has 1 aromatic carbocycles. The van der Waals surface area contributed by atoms with Crippen molar-refractivity contribution in [2.24, 2.45) is 0 Å². The number of benzene rings is 1. The average Bonchev–Trinajstić information content (AvgIpc) is 2.44. The Kier molecular flexibility index (Phi) is 3.77. The molecule has 0 nitrogen and oxygen atoms in total. The van der Waals surface area contributed by atoms with Crippen LogP contribution in [0.25, 0.3) is 0 Å². The van der Waals surface area contributed by atoms with Crippen LogP contribution in [-0.4, -0.2) is 6.17 Å². The van der Waals surface area contributed by atoms with E-state index in [0.29, 0.717) is 0 Å². The SMILES string of the molecule is FC1=CC(F)=C(F)C(F)C1c1c(F)c(F)c(F)c(F)c1F. The molecule has 0 aliphatic heterocycles. The molecule has 2 atom stereocenters. The highest BCUT2D eigenvalue weighted by Gasteiger charge is 2.42. The first-order valence-corrected chi connectivity index (χ1v) is 5.26. The summed E-state index contributed by atoms with van der Waals surface area (Å²) in [6, 6.07) is 0. The lowest BCUT2D eigenvalue weighted by Crippen LogP contribution is -2.23. The van der Waals surface area contributed by atoms with Gasteiger partial charge in [-0.05, 0) is 0 Å². The van der Waals surface area contributed by atoms with E-state index in [4.69, 9.17) is 0 Å². The Morgan fingerprint density at radius 2 is 1.10 bits per heavy atom. The summed E-state index contributed by atoms with van der Waals surface area (Å²) in [7, 11) is 0. The Morgan fingerprint density at radius 1 is 0.667 bits per heavy atom. The smallest absolute Gasteiger partial charge is 0.200 e. The quantitative estimate of drug-likeness (QED) is 0.395. The molecule has 2 rings (SSSR count). The number of hydrogen-bond acceptors (Lipinski definition) is 0. The average molecular weight is 318 g/mol. The van der Waals surface area contributed by atoms with E-state index in [0.717, 1.165) is 0 Å². The molecule has 2 unspecified atom stereocenters. The van der Waals surface area contributed by atoms with Gasteiger partial charge in [0.25, 0.3) is 0 Å². The van der Waals surface area contributed by atoms with E-state index in [1.807, 2.05) is 0 Å². The van der Waals surface area contributed by atoms with E-state index in [1.165, 1.54) is 0 Å². The van der Waals surface area contributed by atoms with Gasteiger partial charge in [-0.2, -0.15) is 0 Å². The first-order chi connectivity index (χ1) is 9.68. The normalized spacial score (nSPS) is 22.6. The number of alkyl halides is 1. The highest BCUT2D eigenvalue weighted by molar-refractivity contribution is 5.40. The van der Waals surface area contributed by atoms with E-state index < -0.39 is 64.2 Å². The molecule has 1 aliphatic rings. The topological polar surface area (TPSA) is 0 Å². The minimum Gasteiger partial charge on any atom is -0.238 e. The highest BCUT2D eigenvalue weighted by Crippen LogP contribution is 2.43. The summed E-state index contributed by atoms with van der Waals surface area (Å²) >= 11 is 0. The van der Waals surface area contributed by atoms with Gasteiger partial charge in [0.05, 0.1) is 5.92 Å². The Morgan fingerprint density at radius 3 is 1.57 bits per heavy atom. The van der Waals surface area contributed by atoms with Crippen LogP contribution in [0.15, 0.2) is 23.6 Å². The van der Waals surface area contributed by atoms with Crippen molar-refractivity contribution in [1.82, 2.24) is 0 Å². The molecule has 1 aromatic rings. The molecule has 0 N–H and O–H groups in total. The van der Waals surface area contributed by atoms with Crippen LogP contribution < -0.4 is 0 Å². The Bertz CT molecular complexity index is 645. The minimum atomic E-state index is -3.26. The molecule has 1 aliphatic carbocycles. The molecule has 0 fully saturated rings. The van der Waals surface area contributed by atoms with Gasteiger partial charge in [0.15, 0.2) is 41.1 Å². The van der Waals surface area contributed by atoms with Gasteiger partial charge in [-0.25, -0.2) is 39.5 Å². The third kappa shape index (κ3) is 2.20. The molecule has 0 saturated carbocycles. The number of rotatable bonds is 1. The van der Waals surface area contributed by atoms with Gasteiger partial charge in [-0.3, -0.25) is 0 Å². The third-order valence-corrected chi connectivity index (χ3v) is 2.88. The standard InChI is InChI=1S/C12H3F9/c13-2-1-3(14)6(15)7(16)4(2)5-8(17)10(19)12(21)11(20)9(5)18/h1,4,7H. The third-order valence-electron chi connectivity index (χ3n) is 2.88. The van der Waals surface area contributed by atoms with Crippen molar-refractivity contribution in [3.63, 3.8) is 0 Å². The molecule has 114 valence electrons. The van der Waals surface area contributed by atoms with Crippen LogP contribution in [0.1, 0.15) is 11.5 Å². The number of allylic oxidation sites excluding steroid dienone is 4. The van der Waals surface area contributed by atoms with Crippen LogP contribution >= 0.6 is 0 Å². The summed E-state index contributed by atoms with van der Waals surface area (Å²) in [6.45, 7) is 0. The van der Waals surface area contributed by atoms with Crippen molar-refractivity contribution in [3.8, 4) is 0 Å². The van der Waals surface area contributed by atoms with Crippen LogP contribution in [-0.2, 0) is 0 Å². The van der Waals surface area contributed by atoms with E-state index in [1.54, 1.807) is 0 Å². The molecule has 0 spiro atoms. The Balaban J connectivity index is 2.72. The van der Waals surface area contributed by atoms with Crippen molar-refractivity contribution in [1.29, 1.82) is 0 Å². The summed E-state index contributed by atoms with van der Waals surface area (Å²) in [5, 5.41) is 0. The summed E-state index contributed by atoms with van der Waals surface area (Å²) in [5.74, 6) is -21.4. The second-order valence-corrected chi connectivity index (χ2v) is 4.09. The van der Waals surface area contributed by atoms with Crippen molar-refractivity contribution in [3.05, 3.63) is 58.2 Å². The fourth-order valence-corrected chi connectivity index (χ4v) is 1.88. The molecule has 0 amide bonds. The van der Waals surface area contributed by atoms with Crippen molar-refractivity contribution in [2.45, 2.75) is 12.1 Å². The first-order valence-electron chi connectivity index (χ1n) is 5.26. The van der Waals surface area contributed by atoms with Gasteiger partial charge < -0.3 is 0 Å². The fraction of sp³-hybridized carbons (Fsp3) is 0.167. The minimum absolute atomic E-state index is 0.228. The zero-order valence-corrected chi connectivity index (χ0v) is 9.63. The van der Waals surface area contributed by atoms with Crippen LogP contribution in [0.2, 0.25) is 0 Å². The van der Waals surface area contributed by atoms with E-state index in [2.05, 4.69) is 0 Å². The van der Waals surface area contributed by atoms with E-state index >= 15 is 0 Å². The summed E-state index contributed by atoms with van der Waals surface area (Å²) in [5.41, 5.74) is -1.91. The first kappa shape index (κ1) is 15.5. The largest absolute Gasteiger partial charge is 0.238 e. The Hall–Kier alpha value is -1.93. The molecule has 0 aromatic heterocycles. The zero-order chi connectivity index (χ0) is 16.1. The monoisotopic (exact) mass is 318 g/mol. The molecule has 0 radical (unpaired) electrons. The lowest BCUT2D eigenvalue weighted by atomic mass is 9.87. The summed E-state index contributed by atoms with van der Waals surface area (Å²) in [4.78, 5) is 0. The predicted molar refractivity (Wildman–Crippen MR) is 52.3 cm³/mol. The maximum absolute atomic E-state index is 13.5. The molecular formula is C12H3F9. The molecule has 9 heteroatoms. The maximum atomic E-state index is 13.5. The highest BCUT2D eigenvalue weighted by atomic mass is 19.2. The lowest BCUT2D eigenvalue weighted by molar-refractivity contribution is 0.249. The lowest BCUT2D eigenvalue weighted by Gasteiger charge is -2.23. The van der Waals surface area contributed by atoms with Crippen LogP contribution in [0, 0.1) is 29.1 Å². The van der Waals surface area contributed by atoms with Crippen molar-refractivity contribution >= 4 is 0 Å². The summed E-state index contributed by atoms with van der Waals surface area (Å²) in [6.07, 6.45) is -3.49. The van der Waals surface area contributed by atoms with Gasteiger partial charge in [0.1, 0.15) is 5.83 Å². The molecule has 0 bridgehead atoms. The second-order valence-electron chi connectivity index (χ2n) is 4.09. The molecular weight excluding hydrogens is 315 g/mol. The maximum Gasteiger partial charge on any atom is 0.200 e. The number of hydrogen-bond donors (Lipinski definition) is 0. The van der Waals surface area contributed by atoms with E-state index in [-0.39, 0.29) is 6.08 Å². The van der Waals surface area contributed by atoms with Crippen LogP contribution in [0.4, 0.5) is 39.5 Å². The van der Waals surface area contributed by atoms with Gasteiger partial charge >= 0.3 is 0 Å². The Labute approximate surface area is 111 Å². The van der Waals surface area contributed by atoms with Gasteiger partial charge in [-0.1, -0.05) is 0 Å². The summed E-state index contributed by atoms with van der Waals surface area (Å²) < 4.78 is 118. The fourth-order valence-electron chi connectivity index (χ4n) is 1.88. The molecule has 0 saturated heterocycles. The second kappa shape index (κ2) is 5.12. The van der Waals surface area contributed by atoms with Crippen molar-refractivity contribution in [2.75, 3.05) is 0 Å². The van der Waals surface area contributed by atoms with Crippen LogP contribution in [0.5, 0.6) is 0 Å². The van der Waals surface area contributed by atoms with Gasteiger partial charge in [0, 0.05) is 11.6 Å². The molecule has 0 heterocycles. The van der Waals surface area contributed by atoms with Gasteiger partial charge in [0.2, 0.25) is 5.82 Å². The van der Waals surface area contributed by atoms with Crippen LogP contribution in [0.3, 0.4) is 0 Å². The van der Waals surface area contributed by atoms with E-state index in [9.17, 15) is 39.5 Å². The van der Waals surface area contributed by atoms with Gasteiger partial charge in [-0.15, -0.1) is 0 Å². The van der Waals surface area contributed by atoms with Crippen molar-refractivity contribution < 1.29 is 39.5 Å².